The van der Waals surface area contributed by atoms with Crippen LogP contribution in [0, 0.1) is 6.92 Å². The van der Waals surface area contributed by atoms with E-state index in [4.69, 9.17) is 10.4 Å². The van der Waals surface area contributed by atoms with E-state index in [9.17, 15) is 4.79 Å². The molecule has 2 N–H and O–H groups in total. The molecule has 23 heavy (non-hydrogen) atoms. The molecule has 4 heteroatoms. The number of benzene rings is 3. The van der Waals surface area contributed by atoms with Crippen molar-refractivity contribution < 1.29 is 9.45 Å². The van der Waals surface area contributed by atoms with E-state index in [0.717, 1.165) is 27.3 Å². The van der Waals surface area contributed by atoms with Gasteiger partial charge in [-0.1, -0.05) is 72.3 Å². The second kappa shape index (κ2) is 6.67. The fraction of sp³-hybridized carbons (Fsp3) is 0.105. The van der Waals surface area contributed by atoms with E-state index in [1.165, 1.54) is 0 Å². The van der Waals surface area contributed by atoms with Crippen LogP contribution in [0.15, 0.2) is 66.7 Å². The van der Waals surface area contributed by atoms with Gasteiger partial charge in [0.2, 0.25) is 0 Å². The Balaban J connectivity index is 2.13. The first kappa shape index (κ1) is 15.3. The molecular formula is C19H18BNO2. The van der Waals surface area contributed by atoms with Gasteiger partial charge in [-0.2, -0.15) is 0 Å². The number of carbonyl (C=O) groups is 1. The highest BCUT2D eigenvalue weighted by Crippen LogP contribution is 2.12. The Hall–Kier alpha value is -2.59. The van der Waals surface area contributed by atoms with Crippen LogP contribution >= 0.6 is 0 Å². The van der Waals surface area contributed by atoms with E-state index in [1.807, 2.05) is 61.5 Å². The molecule has 0 aliphatic carbocycles. The lowest BCUT2D eigenvalue weighted by Crippen LogP contribution is -2.47. The lowest BCUT2D eigenvalue weighted by molar-refractivity contribution is -0.132. The third-order valence-electron chi connectivity index (χ3n) is 3.90. The highest BCUT2D eigenvalue weighted by molar-refractivity contribution is 6.83. The fourth-order valence-corrected chi connectivity index (χ4v) is 2.71. The Bertz CT molecular complexity index is 825. The van der Waals surface area contributed by atoms with Gasteiger partial charge in [0.1, 0.15) is 0 Å². The first-order chi connectivity index (χ1) is 11.2. The largest absolute Gasteiger partial charge is 0.525 e. The maximum absolute atomic E-state index is 11.8. The van der Waals surface area contributed by atoms with Crippen molar-refractivity contribution in [2.75, 3.05) is 6.54 Å². The van der Waals surface area contributed by atoms with Crippen molar-refractivity contribution in [2.45, 2.75) is 6.92 Å². The Morgan fingerprint density at radius 1 is 1.00 bits per heavy atom. The first-order valence-electron chi connectivity index (χ1n) is 7.63. The molecule has 0 amide bonds. The molecule has 3 aromatic carbocycles. The van der Waals surface area contributed by atoms with Gasteiger partial charge in [-0.05, 0) is 28.6 Å². The molecule has 0 aliphatic rings. The van der Waals surface area contributed by atoms with Gasteiger partial charge < -0.3 is 10.4 Å². The second-order valence-electron chi connectivity index (χ2n) is 5.55. The molecule has 3 aromatic rings. The van der Waals surface area contributed by atoms with Gasteiger partial charge in [0, 0.05) is 0 Å². The van der Waals surface area contributed by atoms with E-state index in [1.54, 1.807) is 0 Å². The van der Waals surface area contributed by atoms with Crippen molar-refractivity contribution >= 4 is 34.6 Å². The summed E-state index contributed by atoms with van der Waals surface area (Å²) in [5.74, 6) is -0.413. The average Bonchev–Trinajstić information content (AvgIpc) is 2.60. The van der Waals surface area contributed by atoms with Gasteiger partial charge in [0.15, 0.2) is 0 Å². The Morgan fingerprint density at radius 3 is 2.43 bits per heavy atom. The summed E-state index contributed by atoms with van der Waals surface area (Å²) in [7, 11) is 0. The standard InChI is InChI=1S/C19H18BNO2/c1-14-9-11-16(12-10-14)20(23-19(22)13-21)18-8-4-6-15-5-2-3-7-17(15)18/h2-12H,13,21H2,1H3. The lowest BCUT2D eigenvalue weighted by atomic mass is 9.54. The molecule has 3 nitrogen and oxygen atoms in total. The Morgan fingerprint density at radius 2 is 1.70 bits per heavy atom. The minimum atomic E-state index is -0.460. The molecule has 0 atom stereocenters. The zero-order valence-electron chi connectivity index (χ0n) is 13.0. The Labute approximate surface area is 136 Å². The van der Waals surface area contributed by atoms with Gasteiger partial charge >= 0.3 is 12.9 Å². The first-order valence-corrected chi connectivity index (χ1v) is 7.63. The minimum Gasteiger partial charge on any atom is -0.525 e. The summed E-state index contributed by atoms with van der Waals surface area (Å²) >= 11 is 0. The summed E-state index contributed by atoms with van der Waals surface area (Å²) in [4.78, 5) is 11.8. The average molecular weight is 303 g/mol. The SMILES string of the molecule is Cc1ccc(B(OC(=O)CN)c2cccc3ccccc23)cc1. The topological polar surface area (TPSA) is 52.3 Å². The molecule has 0 aromatic heterocycles. The number of hydrogen-bond acceptors (Lipinski definition) is 3. The van der Waals surface area contributed by atoms with Crippen LogP contribution in [0.3, 0.4) is 0 Å². The molecule has 0 aliphatic heterocycles. The van der Waals surface area contributed by atoms with Crippen LogP contribution in [-0.2, 0) is 9.45 Å². The zero-order chi connectivity index (χ0) is 16.2. The molecule has 114 valence electrons. The monoisotopic (exact) mass is 303 g/mol. The van der Waals surface area contributed by atoms with Gasteiger partial charge in [0.25, 0.3) is 0 Å². The number of hydrogen-bond donors (Lipinski definition) is 1. The summed E-state index contributed by atoms with van der Waals surface area (Å²) in [6, 6.07) is 22.1. The lowest BCUT2D eigenvalue weighted by Gasteiger charge is -2.17. The van der Waals surface area contributed by atoms with Crippen LogP contribution in [0.5, 0.6) is 0 Å². The third-order valence-corrected chi connectivity index (χ3v) is 3.90. The normalized spacial score (nSPS) is 10.5. The highest BCUT2D eigenvalue weighted by atomic mass is 16.5. The van der Waals surface area contributed by atoms with Crippen molar-refractivity contribution in [3.8, 4) is 0 Å². The molecule has 0 spiro atoms. The summed E-state index contributed by atoms with van der Waals surface area (Å²) in [5.41, 5.74) is 8.51. The van der Waals surface area contributed by atoms with Crippen molar-refractivity contribution in [1.29, 1.82) is 0 Å². The molecule has 0 fully saturated rings. The molecule has 0 unspecified atom stereocenters. The van der Waals surface area contributed by atoms with Crippen molar-refractivity contribution in [3.05, 3.63) is 72.3 Å². The number of rotatable bonds is 4. The van der Waals surface area contributed by atoms with E-state index in [2.05, 4.69) is 12.1 Å². The van der Waals surface area contributed by atoms with Crippen LogP contribution in [0.2, 0.25) is 0 Å². The van der Waals surface area contributed by atoms with E-state index >= 15 is 0 Å². The van der Waals surface area contributed by atoms with E-state index < -0.39 is 12.9 Å². The Kier molecular flexibility index (Phi) is 4.44. The van der Waals surface area contributed by atoms with Gasteiger partial charge in [0.05, 0.1) is 6.54 Å². The van der Waals surface area contributed by atoms with Crippen molar-refractivity contribution in [1.82, 2.24) is 0 Å². The maximum atomic E-state index is 11.8. The number of carbonyl (C=O) groups excluding carboxylic acids is 1. The number of nitrogens with two attached hydrogens (primary N) is 1. The van der Waals surface area contributed by atoms with E-state index in [-0.39, 0.29) is 6.54 Å². The third kappa shape index (κ3) is 3.27. The fourth-order valence-electron chi connectivity index (χ4n) is 2.71. The quantitative estimate of drug-likeness (QED) is 0.747. The summed E-state index contributed by atoms with van der Waals surface area (Å²) in [6.07, 6.45) is 0. The number of fused-ring (bicyclic) bond motifs is 1. The molecule has 0 heterocycles. The minimum absolute atomic E-state index is 0.132. The van der Waals surface area contributed by atoms with Crippen LogP contribution < -0.4 is 16.7 Å². The summed E-state index contributed by atoms with van der Waals surface area (Å²) < 4.78 is 5.66. The van der Waals surface area contributed by atoms with Crippen LogP contribution in [0.1, 0.15) is 5.56 Å². The predicted molar refractivity (Wildman–Crippen MR) is 95.3 cm³/mol. The molecule has 0 bridgehead atoms. The summed E-state index contributed by atoms with van der Waals surface area (Å²) in [6.45, 7) is 1.44. The number of aryl methyl sites for hydroxylation is 1. The van der Waals surface area contributed by atoms with Crippen molar-refractivity contribution in [3.63, 3.8) is 0 Å². The van der Waals surface area contributed by atoms with Crippen molar-refractivity contribution in [2.24, 2.45) is 5.73 Å². The molecule has 3 rings (SSSR count). The highest BCUT2D eigenvalue weighted by Gasteiger charge is 2.27. The van der Waals surface area contributed by atoms with Crippen LogP contribution in [0.25, 0.3) is 10.8 Å². The molecule has 0 saturated heterocycles. The van der Waals surface area contributed by atoms with Gasteiger partial charge in [-0.25, -0.2) is 0 Å². The smallest absolute Gasteiger partial charge is 0.430 e. The second-order valence-corrected chi connectivity index (χ2v) is 5.55. The van der Waals surface area contributed by atoms with E-state index in [0.29, 0.717) is 0 Å². The molecular weight excluding hydrogens is 285 g/mol. The molecule has 0 saturated carbocycles. The van der Waals surface area contributed by atoms with Crippen LogP contribution in [-0.4, -0.2) is 19.4 Å². The maximum Gasteiger partial charge on any atom is 0.430 e. The van der Waals surface area contributed by atoms with Crippen LogP contribution in [0.4, 0.5) is 0 Å². The molecule has 0 radical (unpaired) electrons. The van der Waals surface area contributed by atoms with Gasteiger partial charge in [-0.15, -0.1) is 0 Å². The van der Waals surface area contributed by atoms with Gasteiger partial charge in [-0.3, -0.25) is 4.79 Å². The predicted octanol–water partition coefficient (Wildman–Crippen LogP) is 1.76. The summed E-state index contributed by atoms with van der Waals surface area (Å²) in [5, 5.41) is 2.19. The zero-order valence-corrected chi connectivity index (χ0v) is 13.0.